The Morgan fingerprint density at radius 2 is 1.86 bits per heavy atom. The van der Waals surface area contributed by atoms with E-state index in [0.717, 1.165) is 6.54 Å². The van der Waals surface area contributed by atoms with Crippen LogP contribution in [-0.2, 0) is 4.79 Å². The maximum Gasteiger partial charge on any atom is 0.232 e. The average molecular weight is 217 g/mol. The van der Waals surface area contributed by atoms with E-state index in [2.05, 4.69) is 34.6 Å². The molecule has 1 amide bonds. The van der Waals surface area contributed by atoms with Gasteiger partial charge in [-0.3, -0.25) is 4.79 Å². The molecular formula is C11H23NOS. The topological polar surface area (TPSA) is 20.3 Å². The quantitative estimate of drug-likeness (QED) is 0.721. The van der Waals surface area contributed by atoms with Crippen molar-refractivity contribution in [3.63, 3.8) is 0 Å². The fraction of sp³-hybridized carbons (Fsp3) is 0.909. The normalized spacial score (nSPS) is 11.9. The van der Waals surface area contributed by atoms with E-state index in [1.807, 2.05) is 11.9 Å². The van der Waals surface area contributed by atoms with Crippen molar-refractivity contribution in [2.75, 3.05) is 19.3 Å². The van der Waals surface area contributed by atoms with Crippen LogP contribution >= 0.6 is 11.8 Å². The molecule has 0 rings (SSSR count). The second kappa shape index (κ2) is 5.64. The molecule has 2 nitrogen and oxygen atoms in total. The van der Waals surface area contributed by atoms with Gasteiger partial charge < -0.3 is 4.90 Å². The van der Waals surface area contributed by atoms with Gasteiger partial charge in [0.05, 0.1) is 5.75 Å². The Morgan fingerprint density at radius 3 is 2.21 bits per heavy atom. The Hall–Kier alpha value is -0.180. The van der Waals surface area contributed by atoms with Crippen molar-refractivity contribution >= 4 is 17.7 Å². The second-order valence-electron chi connectivity index (χ2n) is 5.07. The van der Waals surface area contributed by atoms with Crippen LogP contribution in [0.5, 0.6) is 0 Å². The Balaban J connectivity index is 3.85. The summed E-state index contributed by atoms with van der Waals surface area (Å²) in [6, 6.07) is 0. The van der Waals surface area contributed by atoms with Crippen LogP contribution < -0.4 is 0 Å². The van der Waals surface area contributed by atoms with Gasteiger partial charge in [0.25, 0.3) is 0 Å². The molecule has 0 aromatic rings. The monoisotopic (exact) mass is 217 g/mol. The molecular weight excluding hydrogens is 194 g/mol. The maximum atomic E-state index is 11.6. The molecule has 0 fully saturated rings. The third-order valence-electron chi connectivity index (χ3n) is 1.69. The molecule has 0 radical (unpaired) electrons. The first-order chi connectivity index (χ1) is 6.22. The zero-order chi connectivity index (χ0) is 11.4. The van der Waals surface area contributed by atoms with Crippen LogP contribution in [0.2, 0.25) is 0 Å². The van der Waals surface area contributed by atoms with Crippen molar-refractivity contribution < 1.29 is 4.79 Å². The van der Waals surface area contributed by atoms with Crippen LogP contribution in [0.25, 0.3) is 0 Å². The van der Waals surface area contributed by atoms with Gasteiger partial charge in [0.2, 0.25) is 5.91 Å². The molecule has 0 saturated carbocycles. The summed E-state index contributed by atoms with van der Waals surface area (Å²) >= 11 is 1.71. The lowest BCUT2D eigenvalue weighted by molar-refractivity contribution is -0.127. The van der Waals surface area contributed by atoms with Crippen molar-refractivity contribution in [2.24, 2.45) is 5.92 Å². The third-order valence-corrected chi connectivity index (χ3v) is 2.95. The fourth-order valence-corrected chi connectivity index (χ4v) is 1.81. The smallest absolute Gasteiger partial charge is 0.232 e. The maximum absolute atomic E-state index is 11.6. The summed E-state index contributed by atoms with van der Waals surface area (Å²) in [6.07, 6.45) is 0. The van der Waals surface area contributed by atoms with Gasteiger partial charge in [0.1, 0.15) is 0 Å². The van der Waals surface area contributed by atoms with Crippen molar-refractivity contribution in [1.82, 2.24) is 4.90 Å². The Bertz CT molecular complexity index is 184. The molecule has 0 spiro atoms. The van der Waals surface area contributed by atoms with E-state index >= 15 is 0 Å². The SMILES string of the molecule is CC(C)CN(C)C(=O)CSC(C)(C)C. The molecule has 0 N–H and O–H groups in total. The minimum absolute atomic E-state index is 0.175. The van der Waals surface area contributed by atoms with E-state index < -0.39 is 0 Å². The van der Waals surface area contributed by atoms with Crippen molar-refractivity contribution in [1.29, 1.82) is 0 Å². The first-order valence-corrected chi connectivity index (χ1v) is 6.09. The Labute approximate surface area is 92.4 Å². The first kappa shape index (κ1) is 13.8. The van der Waals surface area contributed by atoms with Crippen LogP contribution in [0.3, 0.4) is 0 Å². The molecule has 0 saturated heterocycles. The van der Waals surface area contributed by atoms with E-state index in [1.165, 1.54) is 0 Å². The molecule has 0 aromatic carbocycles. The van der Waals surface area contributed by atoms with Crippen LogP contribution in [0, 0.1) is 5.92 Å². The largest absolute Gasteiger partial charge is 0.345 e. The van der Waals surface area contributed by atoms with E-state index in [-0.39, 0.29) is 10.7 Å². The van der Waals surface area contributed by atoms with Gasteiger partial charge in [0.15, 0.2) is 0 Å². The van der Waals surface area contributed by atoms with Crippen molar-refractivity contribution in [3.05, 3.63) is 0 Å². The van der Waals surface area contributed by atoms with Gasteiger partial charge in [-0.25, -0.2) is 0 Å². The molecule has 0 aliphatic heterocycles. The zero-order valence-corrected chi connectivity index (χ0v) is 11.1. The fourth-order valence-electron chi connectivity index (χ4n) is 1.04. The van der Waals surface area contributed by atoms with Crippen LogP contribution in [-0.4, -0.2) is 34.9 Å². The predicted molar refractivity (Wildman–Crippen MR) is 64.7 cm³/mol. The van der Waals surface area contributed by atoms with Crippen LogP contribution in [0.15, 0.2) is 0 Å². The molecule has 0 aliphatic carbocycles. The van der Waals surface area contributed by atoms with Crippen molar-refractivity contribution in [3.8, 4) is 0 Å². The number of amides is 1. The summed E-state index contributed by atoms with van der Waals surface area (Å²) in [6.45, 7) is 11.5. The van der Waals surface area contributed by atoms with Crippen LogP contribution in [0.4, 0.5) is 0 Å². The molecule has 14 heavy (non-hydrogen) atoms. The lowest BCUT2D eigenvalue weighted by Gasteiger charge is -2.22. The molecule has 0 bridgehead atoms. The molecule has 0 atom stereocenters. The van der Waals surface area contributed by atoms with E-state index in [9.17, 15) is 4.79 Å². The van der Waals surface area contributed by atoms with E-state index in [4.69, 9.17) is 0 Å². The molecule has 0 unspecified atom stereocenters. The lowest BCUT2D eigenvalue weighted by Crippen LogP contribution is -2.32. The van der Waals surface area contributed by atoms with E-state index in [1.54, 1.807) is 11.8 Å². The highest BCUT2D eigenvalue weighted by Gasteiger charge is 2.16. The van der Waals surface area contributed by atoms with Crippen LogP contribution in [0.1, 0.15) is 34.6 Å². The van der Waals surface area contributed by atoms with Gasteiger partial charge in [-0.2, -0.15) is 0 Å². The number of rotatable bonds is 4. The Kier molecular flexibility index (Phi) is 5.57. The van der Waals surface area contributed by atoms with Gasteiger partial charge in [0, 0.05) is 18.3 Å². The molecule has 0 aliphatic rings. The first-order valence-electron chi connectivity index (χ1n) is 5.10. The molecule has 0 aromatic heterocycles. The summed E-state index contributed by atoms with van der Waals surface area (Å²) in [4.78, 5) is 13.5. The minimum atomic E-state index is 0.175. The number of thioether (sulfide) groups is 1. The summed E-state index contributed by atoms with van der Waals surface area (Å²) < 4.78 is 0.175. The van der Waals surface area contributed by atoms with Gasteiger partial charge >= 0.3 is 0 Å². The molecule has 3 heteroatoms. The summed E-state index contributed by atoms with van der Waals surface area (Å²) in [5.74, 6) is 1.37. The molecule has 84 valence electrons. The highest BCUT2D eigenvalue weighted by Crippen LogP contribution is 2.23. The third kappa shape index (κ3) is 7.25. The summed E-state index contributed by atoms with van der Waals surface area (Å²) in [7, 11) is 1.88. The minimum Gasteiger partial charge on any atom is -0.345 e. The highest BCUT2D eigenvalue weighted by atomic mass is 32.2. The lowest BCUT2D eigenvalue weighted by atomic mass is 10.2. The number of carbonyl (C=O) groups excluding carboxylic acids is 1. The Morgan fingerprint density at radius 1 is 1.36 bits per heavy atom. The highest BCUT2D eigenvalue weighted by molar-refractivity contribution is 8.01. The van der Waals surface area contributed by atoms with Gasteiger partial charge in [-0.05, 0) is 5.92 Å². The van der Waals surface area contributed by atoms with E-state index in [0.29, 0.717) is 11.7 Å². The standard InChI is InChI=1S/C11H23NOS/c1-9(2)7-12(6)10(13)8-14-11(3,4)5/h9H,7-8H2,1-6H3. The number of hydrogen-bond donors (Lipinski definition) is 0. The second-order valence-corrected chi connectivity index (χ2v) is 6.87. The average Bonchev–Trinajstić information content (AvgIpc) is 1.97. The predicted octanol–water partition coefficient (Wildman–Crippen LogP) is 2.63. The summed E-state index contributed by atoms with van der Waals surface area (Å²) in [5, 5.41) is 0. The summed E-state index contributed by atoms with van der Waals surface area (Å²) in [5.41, 5.74) is 0. The van der Waals surface area contributed by atoms with Gasteiger partial charge in [-0.15, -0.1) is 11.8 Å². The molecule has 0 heterocycles. The van der Waals surface area contributed by atoms with Crippen molar-refractivity contribution in [2.45, 2.75) is 39.4 Å². The number of hydrogen-bond acceptors (Lipinski definition) is 2. The zero-order valence-electron chi connectivity index (χ0n) is 10.3. The van der Waals surface area contributed by atoms with Gasteiger partial charge in [-0.1, -0.05) is 34.6 Å². The number of carbonyl (C=O) groups is 1. The number of nitrogens with zero attached hydrogens (tertiary/aromatic N) is 1.